The van der Waals surface area contributed by atoms with Crippen LogP contribution in [0.2, 0.25) is 0 Å². The quantitative estimate of drug-likeness (QED) is 0.742. The van der Waals surface area contributed by atoms with Crippen molar-refractivity contribution in [2.45, 2.75) is 10.9 Å². The van der Waals surface area contributed by atoms with Crippen molar-refractivity contribution < 1.29 is 15.0 Å². The van der Waals surface area contributed by atoms with E-state index in [1.807, 2.05) is 18.2 Å². The van der Waals surface area contributed by atoms with Crippen LogP contribution in [0.4, 0.5) is 11.4 Å². The number of likely N-dealkylation sites (N-methyl/N-ethyl adjacent to an activating group) is 1. The lowest BCUT2D eigenvalue weighted by atomic mass is 10.2. The molecule has 0 radical (unpaired) electrons. The summed E-state index contributed by atoms with van der Waals surface area (Å²) < 4.78 is 0. The molecule has 6 heteroatoms. The van der Waals surface area contributed by atoms with Crippen LogP contribution in [-0.4, -0.2) is 48.2 Å². The van der Waals surface area contributed by atoms with Gasteiger partial charge < -0.3 is 20.4 Å². The molecule has 0 aromatic heterocycles. The van der Waals surface area contributed by atoms with Crippen LogP contribution < -0.4 is 10.2 Å². The molecule has 1 aromatic rings. The maximum atomic E-state index is 11.3. The van der Waals surface area contributed by atoms with Crippen molar-refractivity contribution in [2.24, 2.45) is 0 Å². The molecule has 1 aliphatic rings. The molecule has 98 valence electrons. The molecule has 0 spiro atoms. The minimum atomic E-state index is -0.338. The van der Waals surface area contributed by atoms with Crippen molar-refractivity contribution >= 4 is 29.0 Å². The van der Waals surface area contributed by atoms with E-state index in [1.165, 1.54) is 11.8 Å². The van der Waals surface area contributed by atoms with Crippen LogP contribution >= 0.6 is 11.8 Å². The Morgan fingerprint density at radius 1 is 1.44 bits per heavy atom. The molecule has 0 atom stereocenters. The number of carbonyl (C=O) groups is 1. The molecule has 0 bridgehead atoms. The van der Waals surface area contributed by atoms with Gasteiger partial charge in [-0.3, -0.25) is 4.79 Å². The Morgan fingerprint density at radius 3 is 2.83 bits per heavy atom. The van der Waals surface area contributed by atoms with Crippen LogP contribution in [0.1, 0.15) is 0 Å². The second kappa shape index (κ2) is 5.60. The minimum Gasteiger partial charge on any atom is -0.394 e. The highest BCUT2D eigenvalue weighted by Gasteiger charge is 2.18. The molecule has 0 unspecified atom stereocenters. The van der Waals surface area contributed by atoms with Crippen molar-refractivity contribution in [1.29, 1.82) is 0 Å². The Morgan fingerprint density at radius 2 is 2.17 bits per heavy atom. The molecule has 18 heavy (non-hydrogen) atoms. The third-order valence-electron chi connectivity index (χ3n) is 2.97. The molecule has 0 saturated heterocycles. The summed E-state index contributed by atoms with van der Waals surface area (Å²) in [4.78, 5) is 14.2. The highest BCUT2D eigenvalue weighted by Crippen LogP contribution is 2.34. The Balaban J connectivity index is 2.25. The van der Waals surface area contributed by atoms with E-state index in [0.717, 1.165) is 16.3 Å². The molecular weight excluding hydrogens is 252 g/mol. The van der Waals surface area contributed by atoms with E-state index in [2.05, 4.69) is 5.32 Å². The maximum absolute atomic E-state index is 11.3. The first-order valence-corrected chi connectivity index (χ1v) is 6.65. The molecule has 2 rings (SSSR count). The Labute approximate surface area is 110 Å². The zero-order valence-corrected chi connectivity index (χ0v) is 10.9. The fourth-order valence-electron chi connectivity index (χ4n) is 1.80. The third kappa shape index (κ3) is 2.60. The van der Waals surface area contributed by atoms with Gasteiger partial charge in [0.1, 0.15) is 0 Å². The van der Waals surface area contributed by atoms with Gasteiger partial charge in [-0.1, -0.05) is 0 Å². The molecule has 1 aromatic carbocycles. The number of aliphatic hydroxyl groups excluding tert-OH is 2. The molecule has 1 aliphatic heterocycles. The highest BCUT2D eigenvalue weighted by atomic mass is 32.2. The Bertz CT molecular complexity index is 449. The van der Waals surface area contributed by atoms with E-state index < -0.39 is 0 Å². The number of thioether (sulfide) groups is 1. The van der Waals surface area contributed by atoms with E-state index in [-0.39, 0.29) is 25.2 Å². The maximum Gasteiger partial charge on any atom is 0.234 e. The molecule has 3 N–H and O–H groups in total. The number of benzene rings is 1. The average Bonchev–Trinajstić information content (AvgIpc) is 2.39. The predicted octanol–water partition coefficient (Wildman–Crippen LogP) is 0.520. The van der Waals surface area contributed by atoms with E-state index in [1.54, 1.807) is 11.9 Å². The van der Waals surface area contributed by atoms with Gasteiger partial charge in [-0.25, -0.2) is 0 Å². The topological polar surface area (TPSA) is 72.8 Å². The summed E-state index contributed by atoms with van der Waals surface area (Å²) in [6.07, 6.45) is 0. The number of rotatable bonds is 4. The van der Waals surface area contributed by atoms with Crippen LogP contribution in [0.15, 0.2) is 23.1 Å². The van der Waals surface area contributed by atoms with Crippen LogP contribution in [0.5, 0.6) is 0 Å². The van der Waals surface area contributed by atoms with Gasteiger partial charge in [0.2, 0.25) is 5.91 Å². The first-order chi connectivity index (χ1) is 8.65. The Hall–Kier alpha value is -1.24. The summed E-state index contributed by atoms with van der Waals surface area (Å²) in [6.45, 7) is -0.240. The average molecular weight is 268 g/mol. The fourth-order valence-corrected chi connectivity index (χ4v) is 2.59. The van der Waals surface area contributed by atoms with Gasteiger partial charge in [0, 0.05) is 17.6 Å². The van der Waals surface area contributed by atoms with Crippen LogP contribution in [-0.2, 0) is 4.79 Å². The van der Waals surface area contributed by atoms with Crippen molar-refractivity contribution in [1.82, 2.24) is 0 Å². The van der Waals surface area contributed by atoms with E-state index in [9.17, 15) is 4.79 Å². The number of fused-ring (bicyclic) bond motifs is 1. The third-order valence-corrected chi connectivity index (χ3v) is 4.05. The summed E-state index contributed by atoms with van der Waals surface area (Å²) in [5, 5.41) is 21.1. The van der Waals surface area contributed by atoms with E-state index in [0.29, 0.717) is 5.75 Å². The van der Waals surface area contributed by atoms with Gasteiger partial charge in [0.05, 0.1) is 30.7 Å². The zero-order valence-electron chi connectivity index (χ0n) is 10.1. The summed E-state index contributed by atoms with van der Waals surface area (Å²) in [5.74, 6) is 0.436. The highest BCUT2D eigenvalue weighted by molar-refractivity contribution is 8.00. The second-order valence-electron chi connectivity index (χ2n) is 4.15. The first kappa shape index (κ1) is 13.2. The van der Waals surface area contributed by atoms with Gasteiger partial charge in [-0.15, -0.1) is 11.8 Å². The lowest BCUT2D eigenvalue weighted by Gasteiger charge is -2.28. The van der Waals surface area contributed by atoms with E-state index >= 15 is 0 Å². The van der Waals surface area contributed by atoms with Crippen LogP contribution in [0.3, 0.4) is 0 Å². The van der Waals surface area contributed by atoms with Gasteiger partial charge in [-0.05, 0) is 18.2 Å². The predicted molar refractivity (Wildman–Crippen MR) is 72.2 cm³/mol. The van der Waals surface area contributed by atoms with Gasteiger partial charge in [-0.2, -0.15) is 0 Å². The van der Waals surface area contributed by atoms with Crippen molar-refractivity contribution in [3.63, 3.8) is 0 Å². The van der Waals surface area contributed by atoms with Crippen molar-refractivity contribution in [2.75, 3.05) is 36.2 Å². The number of carbonyl (C=O) groups excluding carboxylic acids is 1. The van der Waals surface area contributed by atoms with Crippen LogP contribution in [0.25, 0.3) is 0 Å². The van der Waals surface area contributed by atoms with Crippen molar-refractivity contribution in [3.05, 3.63) is 18.2 Å². The summed E-state index contributed by atoms with van der Waals surface area (Å²) in [7, 11) is 1.80. The first-order valence-electron chi connectivity index (χ1n) is 5.67. The van der Waals surface area contributed by atoms with E-state index in [4.69, 9.17) is 10.2 Å². The largest absolute Gasteiger partial charge is 0.394 e. The summed E-state index contributed by atoms with van der Waals surface area (Å²) in [6, 6.07) is 5.38. The summed E-state index contributed by atoms with van der Waals surface area (Å²) in [5.41, 5.74) is 1.64. The number of nitrogens with zero attached hydrogens (tertiary/aromatic N) is 1. The molecule has 0 aliphatic carbocycles. The minimum absolute atomic E-state index is 0.00632. The van der Waals surface area contributed by atoms with Gasteiger partial charge in [0.25, 0.3) is 0 Å². The number of anilines is 2. The monoisotopic (exact) mass is 268 g/mol. The standard InChI is InChI=1S/C12H16N2O3S/c1-14(9(5-15)6-16)8-2-3-11-10(4-8)13-12(17)7-18-11/h2-4,9,15-16H,5-7H2,1H3,(H,13,17). The summed E-state index contributed by atoms with van der Waals surface area (Å²) >= 11 is 1.51. The number of aliphatic hydroxyl groups is 2. The molecular formula is C12H16N2O3S. The molecule has 1 heterocycles. The van der Waals surface area contributed by atoms with Crippen molar-refractivity contribution in [3.8, 4) is 0 Å². The molecule has 5 nitrogen and oxygen atoms in total. The zero-order chi connectivity index (χ0) is 13.1. The van der Waals surface area contributed by atoms with Crippen LogP contribution in [0, 0.1) is 0 Å². The molecule has 0 saturated carbocycles. The second-order valence-corrected chi connectivity index (χ2v) is 5.16. The normalized spacial score (nSPS) is 14.3. The smallest absolute Gasteiger partial charge is 0.234 e. The molecule has 1 amide bonds. The Kier molecular flexibility index (Phi) is 4.11. The van der Waals surface area contributed by atoms with Gasteiger partial charge >= 0.3 is 0 Å². The SMILES string of the molecule is CN(c1ccc2c(c1)NC(=O)CS2)C(CO)CO. The fraction of sp³-hybridized carbons (Fsp3) is 0.417. The molecule has 0 fully saturated rings. The lowest BCUT2D eigenvalue weighted by Crippen LogP contribution is -2.37. The number of hydrogen-bond acceptors (Lipinski definition) is 5. The number of amides is 1. The lowest BCUT2D eigenvalue weighted by molar-refractivity contribution is -0.113. The number of nitrogens with one attached hydrogen (secondary N) is 1. The number of hydrogen-bond donors (Lipinski definition) is 3. The van der Waals surface area contributed by atoms with Gasteiger partial charge in [0.15, 0.2) is 0 Å².